The standard InChI is InChI=1S/C16H23N5/c1-15(2)12(16(15,3)4)9-18-13-10-7-5-6-8-11(10)19-14(20-13)21-17/h5-8,12H,9,17H2,1-4H3,(H2,18,19,20,21). The van der Waals surface area contributed by atoms with Gasteiger partial charge in [0.25, 0.3) is 0 Å². The van der Waals surface area contributed by atoms with Gasteiger partial charge in [-0.3, -0.25) is 5.43 Å². The van der Waals surface area contributed by atoms with Crippen molar-refractivity contribution in [3.05, 3.63) is 24.3 Å². The minimum atomic E-state index is 0.359. The van der Waals surface area contributed by atoms with E-state index >= 15 is 0 Å². The number of nitrogen functional groups attached to an aromatic ring is 1. The van der Waals surface area contributed by atoms with E-state index in [0.717, 1.165) is 23.3 Å². The van der Waals surface area contributed by atoms with Crippen LogP contribution in [0.3, 0.4) is 0 Å². The van der Waals surface area contributed by atoms with Crippen molar-refractivity contribution >= 4 is 22.7 Å². The molecule has 1 aliphatic rings. The van der Waals surface area contributed by atoms with Gasteiger partial charge in [-0.15, -0.1) is 0 Å². The van der Waals surface area contributed by atoms with Gasteiger partial charge < -0.3 is 5.32 Å². The molecule has 2 aromatic rings. The number of aromatic nitrogens is 2. The summed E-state index contributed by atoms with van der Waals surface area (Å²) in [6.45, 7) is 10.2. The first-order valence-corrected chi connectivity index (χ1v) is 7.35. The maximum atomic E-state index is 5.46. The molecule has 1 saturated carbocycles. The molecule has 0 atom stereocenters. The predicted molar refractivity (Wildman–Crippen MR) is 86.9 cm³/mol. The molecule has 0 radical (unpaired) electrons. The van der Waals surface area contributed by atoms with Crippen LogP contribution in [0, 0.1) is 16.7 Å². The molecule has 5 heteroatoms. The lowest BCUT2D eigenvalue weighted by atomic mass is 10.0. The molecule has 112 valence electrons. The molecule has 1 heterocycles. The van der Waals surface area contributed by atoms with Gasteiger partial charge in [-0.2, -0.15) is 4.98 Å². The molecule has 1 aromatic carbocycles. The number of nitrogens with one attached hydrogen (secondary N) is 2. The zero-order valence-corrected chi connectivity index (χ0v) is 13.1. The summed E-state index contributed by atoms with van der Waals surface area (Å²) in [5, 5.41) is 4.51. The number of rotatable bonds is 4. The molecule has 0 spiro atoms. The zero-order valence-electron chi connectivity index (χ0n) is 13.1. The van der Waals surface area contributed by atoms with Crippen molar-refractivity contribution in [3.8, 4) is 0 Å². The smallest absolute Gasteiger partial charge is 0.239 e. The SMILES string of the molecule is CC1(C)C(CNc2nc(NN)nc3ccccc23)C1(C)C. The molecule has 3 rings (SSSR count). The maximum absolute atomic E-state index is 5.46. The molecule has 1 fully saturated rings. The number of hydrazine groups is 1. The summed E-state index contributed by atoms with van der Waals surface area (Å²) in [4.78, 5) is 8.82. The van der Waals surface area contributed by atoms with Crippen LogP contribution in [-0.2, 0) is 0 Å². The third-order valence-electron chi connectivity index (χ3n) is 5.53. The summed E-state index contributed by atoms with van der Waals surface area (Å²) in [5.74, 6) is 7.37. The Balaban J connectivity index is 1.87. The van der Waals surface area contributed by atoms with Gasteiger partial charge in [0.2, 0.25) is 5.95 Å². The second-order valence-electron chi connectivity index (χ2n) is 6.93. The number of nitrogens with two attached hydrogens (primary N) is 1. The lowest BCUT2D eigenvalue weighted by Crippen LogP contribution is -2.14. The molecule has 0 unspecified atom stereocenters. The highest BCUT2D eigenvalue weighted by Gasteiger charge is 2.64. The van der Waals surface area contributed by atoms with E-state index in [-0.39, 0.29) is 0 Å². The van der Waals surface area contributed by atoms with Crippen molar-refractivity contribution < 1.29 is 0 Å². The van der Waals surface area contributed by atoms with Crippen LogP contribution in [0.2, 0.25) is 0 Å². The third-order valence-corrected chi connectivity index (χ3v) is 5.53. The van der Waals surface area contributed by atoms with Crippen LogP contribution in [0.1, 0.15) is 27.7 Å². The summed E-state index contributed by atoms with van der Waals surface area (Å²) >= 11 is 0. The van der Waals surface area contributed by atoms with Gasteiger partial charge in [0.15, 0.2) is 0 Å². The van der Waals surface area contributed by atoms with Crippen LogP contribution in [-0.4, -0.2) is 16.5 Å². The van der Waals surface area contributed by atoms with Crippen LogP contribution in [0.15, 0.2) is 24.3 Å². The van der Waals surface area contributed by atoms with E-state index in [1.807, 2.05) is 24.3 Å². The number of fused-ring (bicyclic) bond motifs is 1. The van der Waals surface area contributed by atoms with Gasteiger partial charge >= 0.3 is 0 Å². The normalized spacial score (nSPS) is 19.5. The van der Waals surface area contributed by atoms with Crippen molar-refractivity contribution in [1.29, 1.82) is 0 Å². The van der Waals surface area contributed by atoms with Crippen LogP contribution in [0.5, 0.6) is 0 Å². The second-order valence-corrected chi connectivity index (χ2v) is 6.93. The first-order valence-electron chi connectivity index (χ1n) is 7.35. The van der Waals surface area contributed by atoms with E-state index in [1.54, 1.807) is 0 Å². The van der Waals surface area contributed by atoms with Crippen molar-refractivity contribution in [2.75, 3.05) is 17.3 Å². The Kier molecular flexibility index (Phi) is 3.06. The predicted octanol–water partition coefficient (Wildman–Crippen LogP) is 3.01. The molecular weight excluding hydrogens is 262 g/mol. The largest absolute Gasteiger partial charge is 0.369 e. The van der Waals surface area contributed by atoms with Gasteiger partial charge in [0.05, 0.1) is 5.52 Å². The van der Waals surface area contributed by atoms with Crippen molar-refractivity contribution in [2.45, 2.75) is 27.7 Å². The summed E-state index contributed by atoms with van der Waals surface area (Å²) in [5.41, 5.74) is 4.14. The molecule has 21 heavy (non-hydrogen) atoms. The van der Waals surface area contributed by atoms with Crippen molar-refractivity contribution in [3.63, 3.8) is 0 Å². The maximum Gasteiger partial charge on any atom is 0.239 e. The first kappa shape index (κ1) is 14.1. The van der Waals surface area contributed by atoms with Gasteiger partial charge in [-0.1, -0.05) is 39.8 Å². The summed E-state index contributed by atoms with van der Waals surface area (Å²) in [7, 11) is 0. The van der Waals surface area contributed by atoms with Crippen LogP contribution in [0.25, 0.3) is 10.9 Å². The van der Waals surface area contributed by atoms with Gasteiger partial charge in [-0.25, -0.2) is 10.8 Å². The average Bonchev–Trinajstić information content (AvgIpc) is 2.85. The Morgan fingerprint density at radius 2 is 1.76 bits per heavy atom. The second kappa shape index (κ2) is 4.56. The minimum absolute atomic E-state index is 0.359. The number of hydrogen-bond donors (Lipinski definition) is 3. The van der Waals surface area contributed by atoms with Crippen molar-refractivity contribution in [1.82, 2.24) is 9.97 Å². The van der Waals surface area contributed by atoms with Gasteiger partial charge in [0.1, 0.15) is 5.82 Å². The van der Waals surface area contributed by atoms with E-state index in [0.29, 0.717) is 22.7 Å². The lowest BCUT2D eigenvalue weighted by Gasteiger charge is -2.11. The molecule has 0 amide bonds. The number of hydrogen-bond acceptors (Lipinski definition) is 5. The highest BCUT2D eigenvalue weighted by molar-refractivity contribution is 5.90. The Morgan fingerprint density at radius 1 is 1.10 bits per heavy atom. The van der Waals surface area contributed by atoms with E-state index in [2.05, 4.69) is 48.4 Å². The van der Waals surface area contributed by atoms with E-state index in [9.17, 15) is 0 Å². The number of para-hydroxylation sites is 1. The molecule has 4 N–H and O–H groups in total. The molecule has 5 nitrogen and oxygen atoms in total. The van der Waals surface area contributed by atoms with Crippen LogP contribution >= 0.6 is 0 Å². The fourth-order valence-corrected chi connectivity index (χ4v) is 3.32. The molecule has 0 bridgehead atoms. The lowest BCUT2D eigenvalue weighted by molar-refractivity contribution is 0.457. The third kappa shape index (κ3) is 2.12. The number of benzene rings is 1. The van der Waals surface area contributed by atoms with Crippen molar-refractivity contribution in [2.24, 2.45) is 22.6 Å². The molecule has 1 aromatic heterocycles. The first-order chi connectivity index (χ1) is 9.88. The fraction of sp³-hybridized carbons (Fsp3) is 0.500. The number of anilines is 2. The van der Waals surface area contributed by atoms with E-state index < -0.39 is 0 Å². The topological polar surface area (TPSA) is 75.9 Å². The van der Waals surface area contributed by atoms with Crippen LogP contribution in [0.4, 0.5) is 11.8 Å². The van der Waals surface area contributed by atoms with Gasteiger partial charge in [-0.05, 0) is 28.9 Å². The van der Waals surface area contributed by atoms with Gasteiger partial charge in [0, 0.05) is 11.9 Å². The quantitative estimate of drug-likeness (QED) is 0.594. The minimum Gasteiger partial charge on any atom is -0.369 e. The molecule has 1 aliphatic carbocycles. The average molecular weight is 285 g/mol. The summed E-state index contributed by atoms with van der Waals surface area (Å²) in [6, 6.07) is 7.96. The Morgan fingerprint density at radius 3 is 2.38 bits per heavy atom. The van der Waals surface area contributed by atoms with E-state index in [4.69, 9.17) is 5.84 Å². The Labute approximate surface area is 125 Å². The monoisotopic (exact) mass is 285 g/mol. The molecular formula is C16H23N5. The zero-order chi connectivity index (χ0) is 15.3. The Hall–Kier alpha value is -1.88. The van der Waals surface area contributed by atoms with Crippen LogP contribution < -0.4 is 16.6 Å². The Bertz CT molecular complexity index is 663. The molecule has 0 saturated heterocycles. The highest BCUT2D eigenvalue weighted by atomic mass is 15.3. The number of nitrogens with zero attached hydrogens (tertiary/aromatic N) is 2. The summed E-state index contributed by atoms with van der Waals surface area (Å²) < 4.78 is 0. The van der Waals surface area contributed by atoms with E-state index in [1.165, 1.54) is 0 Å². The highest BCUT2D eigenvalue weighted by Crippen LogP contribution is 2.68. The molecule has 0 aliphatic heterocycles. The summed E-state index contributed by atoms with van der Waals surface area (Å²) in [6.07, 6.45) is 0. The fourth-order valence-electron chi connectivity index (χ4n) is 3.32.